The largest absolute Gasteiger partial charge is 0.472 e. The summed E-state index contributed by atoms with van der Waals surface area (Å²) in [6, 6.07) is 9.56. The van der Waals surface area contributed by atoms with Gasteiger partial charge in [-0.3, -0.25) is 9.36 Å². The molecular formula is C22H18F3N5O2. The Balaban J connectivity index is 1.25. The number of carbonyl (C=O) groups is 1. The summed E-state index contributed by atoms with van der Waals surface area (Å²) >= 11 is 0. The Morgan fingerprint density at radius 2 is 1.78 bits per heavy atom. The van der Waals surface area contributed by atoms with Crippen LogP contribution in [0, 0.1) is 11.8 Å². The lowest BCUT2D eigenvalue weighted by Crippen LogP contribution is -2.52. The predicted molar refractivity (Wildman–Crippen MR) is 105 cm³/mol. The van der Waals surface area contributed by atoms with Crippen molar-refractivity contribution in [2.45, 2.75) is 37.2 Å². The molecule has 2 aliphatic carbocycles. The number of rotatable bonds is 4. The Morgan fingerprint density at radius 1 is 1.03 bits per heavy atom. The van der Waals surface area contributed by atoms with Gasteiger partial charge >= 0.3 is 6.18 Å². The van der Waals surface area contributed by atoms with E-state index in [2.05, 4.69) is 15.2 Å². The monoisotopic (exact) mass is 441 g/mol. The fourth-order valence-electron chi connectivity index (χ4n) is 5.36. The van der Waals surface area contributed by atoms with Crippen LogP contribution >= 0.6 is 0 Å². The van der Waals surface area contributed by atoms with Crippen LogP contribution in [0.5, 0.6) is 5.88 Å². The number of para-hydroxylation sites is 1. The summed E-state index contributed by atoms with van der Waals surface area (Å²) in [7, 11) is 0. The van der Waals surface area contributed by atoms with Gasteiger partial charge in [-0.05, 0) is 42.9 Å². The topological polar surface area (TPSA) is 73.1 Å². The van der Waals surface area contributed by atoms with Crippen LogP contribution in [0.2, 0.25) is 0 Å². The van der Waals surface area contributed by atoms with Crippen LogP contribution < -0.4 is 4.74 Å². The molecule has 4 bridgehead atoms. The van der Waals surface area contributed by atoms with E-state index in [-0.39, 0.29) is 30.0 Å². The van der Waals surface area contributed by atoms with Gasteiger partial charge in [-0.2, -0.15) is 13.2 Å². The highest BCUT2D eigenvalue weighted by Gasteiger charge is 2.68. The predicted octanol–water partition coefficient (Wildman–Crippen LogP) is 3.36. The SMILES string of the molecule is O=C(c1ccccc1-n1cnnc1)N1C2CC3C(CC2Oc2ccc(C(F)(F)F)cn2)C31. The van der Waals surface area contributed by atoms with Crippen LogP contribution in [-0.4, -0.2) is 48.7 Å². The summed E-state index contributed by atoms with van der Waals surface area (Å²) < 4.78 is 46.1. The second-order valence-electron chi connectivity index (χ2n) is 8.49. The van der Waals surface area contributed by atoms with Crippen molar-refractivity contribution >= 4 is 5.91 Å². The van der Waals surface area contributed by atoms with Gasteiger partial charge in [0.25, 0.3) is 5.91 Å². The molecule has 3 aromatic rings. The van der Waals surface area contributed by atoms with E-state index in [4.69, 9.17) is 4.74 Å². The summed E-state index contributed by atoms with van der Waals surface area (Å²) in [5.74, 6) is 0.878. The molecule has 32 heavy (non-hydrogen) atoms. The molecule has 4 fully saturated rings. The third-order valence-electron chi connectivity index (χ3n) is 6.81. The molecule has 5 unspecified atom stereocenters. The number of piperidine rings is 2. The van der Waals surface area contributed by atoms with Crippen molar-refractivity contribution in [2.24, 2.45) is 11.8 Å². The van der Waals surface area contributed by atoms with Gasteiger partial charge in [0.2, 0.25) is 5.88 Å². The van der Waals surface area contributed by atoms with E-state index < -0.39 is 11.7 Å². The van der Waals surface area contributed by atoms with Crippen LogP contribution in [0.15, 0.2) is 55.2 Å². The maximum absolute atomic E-state index is 13.6. The first-order valence-electron chi connectivity index (χ1n) is 10.4. The molecule has 7 rings (SSSR count). The maximum Gasteiger partial charge on any atom is 0.417 e. The van der Waals surface area contributed by atoms with Gasteiger partial charge < -0.3 is 9.64 Å². The number of carbonyl (C=O) groups excluding carboxylic acids is 1. The van der Waals surface area contributed by atoms with Gasteiger partial charge in [0.1, 0.15) is 18.8 Å². The third-order valence-corrected chi connectivity index (χ3v) is 6.81. The molecule has 2 aromatic heterocycles. The molecule has 2 aliphatic heterocycles. The van der Waals surface area contributed by atoms with Gasteiger partial charge in [-0.25, -0.2) is 4.98 Å². The molecule has 4 heterocycles. The molecule has 2 saturated carbocycles. The maximum atomic E-state index is 13.6. The second kappa shape index (κ2) is 6.78. The third kappa shape index (κ3) is 2.96. The van der Waals surface area contributed by atoms with Gasteiger partial charge in [0.15, 0.2) is 0 Å². The summed E-state index contributed by atoms with van der Waals surface area (Å²) in [6.07, 6.45) is 0.737. The molecule has 0 radical (unpaired) electrons. The molecule has 164 valence electrons. The number of alkyl halides is 3. The molecule has 0 N–H and O–H groups in total. The van der Waals surface area contributed by atoms with Crippen LogP contribution in [0.25, 0.3) is 5.69 Å². The minimum absolute atomic E-state index is 0.0806. The fraction of sp³-hybridized carbons (Fsp3) is 0.364. The average molecular weight is 441 g/mol. The van der Waals surface area contributed by atoms with Crippen molar-refractivity contribution < 1.29 is 22.7 Å². The number of benzene rings is 1. The summed E-state index contributed by atoms with van der Waals surface area (Å²) in [4.78, 5) is 19.4. The molecule has 5 atom stereocenters. The van der Waals surface area contributed by atoms with Crippen LogP contribution in [-0.2, 0) is 6.18 Å². The van der Waals surface area contributed by atoms with Crippen molar-refractivity contribution in [3.8, 4) is 11.6 Å². The minimum atomic E-state index is -4.44. The molecule has 1 amide bonds. The smallest absolute Gasteiger partial charge is 0.417 e. The molecule has 10 heteroatoms. The van der Waals surface area contributed by atoms with E-state index in [0.29, 0.717) is 23.1 Å². The quantitative estimate of drug-likeness (QED) is 0.621. The van der Waals surface area contributed by atoms with Gasteiger partial charge in [0, 0.05) is 18.3 Å². The van der Waals surface area contributed by atoms with Crippen LogP contribution in [0.4, 0.5) is 13.2 Å². The summed E-state index contributed by atoms with van der Waals surface area (Å²) in [5.41, 5.74) is 0.433. The first-order valence-corrected chi connectivity index (χ1v) is 10.4. The highest BCUT2D eigenvalue weighted by molar-refractivity contribution is 5.98. The second-order valence-corrected chi connectivity index (χ2v) is 8.49. The van der Waals surface area contributed by atoms with E-state index in [1.54, 1.807) is 23.3 Å². The molecule has 7 nitrogen and oxygen atoms in total. The number of amides is 1. The van der Waals surface area contributed by atoms with Crippen molar-refractivity contribution in [3.05, 3.63) is 66.4 Å². The van der Waals surface area contributed by atoms with Gasteiger partial charge in [-0.1, -0.05) is 12.1 Å². The Bertz CT molecular complexity index is 1170. The highest BCUT2D eigenvalue weighted by Crippen LogP contribution is 2.61. The minimum Gasteiger partial charge on any atom is -0.472 e. The lowest BCUT2D eigenvalue weighted by molar-refractivity contribution is -0.137. The standard InChI is InChI=1S/C22H18F3N5O2/c23-22(24,25)12-5-6-19(26-9-12)32-18-8-15-14-7-17(18)30(20(14)15)21(31)13-3-1-2-4-16(13)29-10-27-28-11-29/h1-6,9-11,14-15,17-18,20H,7-8H2. The molecule has 1 aromatic carbocycles. The van der Waals surface area contributed by atoms with E-state index in [0.717, 1.165) is 25.1 Å². The summed E-state index contributed by atoms with van der Waals surface area (Å²) in [6.45, 7) is 0. The zero-order valence-electron chi connectivity index (χ0n) is 16.7. The number of hydrogen-bond donors (Lipinski definition) is 0. The first kappa shape index (κ1) is 19.3. The zero-order chi connectivity index (χ0) is 22.0. The number of ether oxygens (including phenoxy) is 1. The lowest BCUT2D eigenvalue weighted by Gasteiger charge is -2.40. The highest BCUT2D eigenvalue weighted by atomic mass is 19.4. The molecule has 2 saturated heterocycles. The Labute approximate surface area is 180 Å². The van der Waals surface area contributed by atoms with Crippen molar-refractivity contribution in [3.63, 3.8) is 0 Å². The Hall–Kier alpha value is -3.43. The van der Waals surface area contributed by atoms with Crippen molar-refractivity contribution in [2.75, 3.05) is 0 Å². The van der Waals surface area contributed by atoms with Crippen molar-refractivity contribution in [1.82, 2.24) is 24.6 Å². The Morgan fingerprint density at radius 3 is 2.47 bits per heavy atom. The van der Waals surface area contributed by atoms with E-state index in [1.165, 1.54) is 6.07 Å². The van der Waals surface area contributed by atoms with Crippen LogP contribution in [0.3, 0.4) is 0 Å². The van der Waals surface area contributed by atoms with Crippen molar-refractivity contribution in [1.29, 1.82) is 0 Å². The zero-order valence-corrected chi connectivity index (χ0v) is 16.7. The van der Waals surface area contributed by atoms with E-state index in [1.807, 2.05) is 23.1 Å². The number of pyridine rings is 1. The van der Waals surface area contributed by atoms with E-state index >= 15 is 0 Å². The lowest BCUT2D eigenvalue weighted by atomic mass is 9.90. The van der Waals surface area contributed by atoms with Gasteiger partial charge in [0.05, 0.1) is 22.9 Å². The number of fused-ring (bicyclic) bond motifs is 1. The molecule has 0 spiro atoms. The number of halogens is 3. The Kier molecular flexibility index (Phi) is 4.08. The van der Waals surface area contributed by atoms with Crippen LogP contribution in [0.1, 0.15) is 28.8 Å². The van der Waals surface area contributed by atoms with Gasteiger partial charge in [-0.15, -0.1) is 10.2 Å². The molecule has 4 aliphatic rings. The van der Waals surface area contributed by atoms with E-state index in [9.17, 15) is 18.0 Å². The average Bonchev–Trinajstić information content (AvgIpc) is 3.15. The fourth-order valence-corrected chi connectivity index (χ4v) is 5.36. The number of hydrogen-bond acceptors (Lipinski definition) is 5. The first-order chi connectivity index (χ1) is 15.4. The summed E-state index contributed by atoms with van der Waals surface area (Å²) in [5, 5.41) is 7.66. The molecular weight excluding hydrogens is 423 g/mol. The number of aromatic nitrogens is 4. The normalized spacial score (nSPS) is 28.0. The number of nitrogens with zero attached hydrogens (tertiary/aromatic N) is 5.